The molecule has 18 heavy (non-hydrogen) atoms. The minimum absolute atomic E-state index is 0.330. The number of nitrogens with one attached hydrogen (secondary N) is 1. The van der Waals surface area contributed by atoms with Gasteiger partial charge in [0.2, 0.25) is 0 Å². The molecule has 0 spiro atoms. The van der Waals surface area contributed by atoms with Gasteiger partial charge in [0.05, 0.1) is 0 Å². The second-order valence-corrected chi connectivity index (χ2v) is 4.94. The summed E-state index contributed by atoms with van der Waals surface area (Å²) in [5.74, 6) is -0.667. The zero-order valence-corrected chi connectivity index (χ0v) is 11.2. The molecule has 102 valence electrons. The van der Waals surface area contributed by atoms with E-state index in [1.165, 1.54) is 50.5 Å². The predicted molar refractivity (Wildman–Crippen MR) is 73.7 cm³/mol. The van der Waals surface area contributed by atoms with Gasteiger partial charge in [-0.15, -0.1) is 0 Å². The van der Waals surface area contributed by atoms with E-state index in [0.717, 1.165) is 12.8 Å². The van der Waals surface area contributed by atoms with Crippen LogP contribution >= 0.6 is 0 Å². The minimum atomic E-state index is -0.667. The first-order chi connectivity index (χ1) is 8.79. The normalized spacial score (nSPS) is 10.7. The molecule has 0 fully saturated rings. The lowest BCUT2D eigenvalue weighted by molar-refractivity contribution is -0.137. The van der Waals surface area contributed by atoms with E-state index in [9.17, 15) is 4.79 Å². The van der Waals surface area contributed by atoms with E-state index in [1.807, 2.05) is 6.20 Å². The Kier molecular flexibility index (Phi) is 8.02. The van der Waals surface area contributed by atoms with Crippen LogP contribution < -0.4 is 0 Å². The fourth-order valence-corrected chi connectivity index (χ4v) is 2.18. The van der Waals surface area contributed by atoms with E-state index in [1.54, 1.807) is 0 Å². The molecule has 1 rings (SSSR count). The number of aryl methyl sites for hydroxylation is 1. The average Bonchev–Trinajstić information content (AvgIpc) is 2.84. The van der Waals surface area contributed by atoms with Crippen molar-refractivity contribution in [1.29, 1.82) is 0 Å². The molecule has 1 heterocycles. The molecular weight excluding hydrogens is 226 g/mol. The maximum absolute atomic E-state index is 10.3. The predicted octanol–water partition coefficient (Wildman–Crippen LogP) is 4.15. The fraction of sp³-hybridized carbons (Fsp3) is 0.667. The lowest BCUT2D eigenvalue weighted by Gasteiger charge is -2.01. The lowest BCUT2D eigenvalue weighted by Crippen LogP contribution is -1.93. The first-order valence-corrected chi connectivity index (χ1v) is 7.12. The van der Waals surface area contributed by atoms with E-state index < -0.39 is 5.97 Å². The Morgan fingerprint density at radius 1 is 1.00 bits per heavy atom. The van der Waals surface area contributed by atoms with Crippen molar-refractivity contribution in [3.63, 3.8) is 0 Å². The maximum atomic E-state index is 10.3. The first-order valence-electron chi connectivity index (χ1n) is 7.12. The highest BCUT2D eigenvalue weighted by atomic mass is 16.4. The number of aromatic amines is 1. The molecule has 1 aromatic heterocycles. The highest BCUT2D eigenvalue weighted by molar-refractivity contribution is 5.66. The van der Waals surface area contributed by atoms with Crippen LogP contribution in [0.4, 0.5) is 0 Å². The summed E-state index contributed by atoms with van der Waals surface area (Å²) >= 11 is 0. The summed E-state index contributed by atoms with van der Waals surface area (Å²) in [6.45, 7) is 0. The molecule has 0 saturated heterocycles. The average molecular weight is 251 g/mol. The summed E-state index contributed by atoms with van der Waals surface area (Å²) in [6, 6.07) is 2.14. The summed E-state index contributed by atoms with van der Waals surface area (Å²) in [5.41, 5.74) is 1.41. The van der Waals surface area contributed by atoms with Gasteiger partial charge in [-0.1, -0.05) is 38.5 Å². The number of aromatic nitrogens is 1. The van der Waals surface area contributed by atoms with E-state index in [-0.39, 0.29) is 0 Å². The van der Waals surface area contributed by atoms with Crippen LogP contribution in [0.5, 0.6) is 0 Å². The van der Waals surface area contributed by atoms with Crippen molar-refractivity contribution in [2.45, 2.75) is 64.2 Å². The molecular formula is C15H25NO2. The monoisotopic (exact) mass is 251 g/mol. The van der Waals surface area contributed by atoms with Gasteiger partial charge in [0.1, 0.15) is 0 Å². The van der Waals surface area contributed by atoms with E-state index in [0.29, 0.717) is 6.42 Å². The van der Waals surface area contributed by atoms with E-state index in [2.05, 4.69) is 17.2 Å². The van der Waals surface area contributed by atoms with Crippen molar-refractivity contribution in [2.24, 2.45) is 0 Å². The molecule has 0 radical (unpaired) electrons. The van der Waals surface area contributed by atoms with Crippen LogP contribution in [0, 0.1) is 0 Å². The number of unbranched alkanes of at least 4 members (excludes halogenated alkanes) is 7. The van der Waals surface area contributed by atoms with Crippen molar-refractivity contribution in [2.75, 3.05) is 0 Å². The topological polar surface area (TPSA) is 53.1 Å². The van der Waals surface area contributed by atoms with Gasteiger partial charge < -0.3 is 10.1 Å². The molecule has 0 aliphatic heterocycles. The number of aliphatic carboxylic acids is 1. The number of hydrogen-bond acceptors (Lipinski definition) is 1. The Balaban J connectivity index is 1.77. The maximum Gasteiger partial charge on any atom is 0.303 e. The van der Waals surface area contributed by atoms with Crippen LogP contribution in [0.15, 0.2) is 18.5 Å². The summed E-state index contributed by atoms with van der Waals surface area (Å²) < 4.78 is 0. The van der Waals surface area contributed by atoms with Crippen LogP contribution in [0.25, 0.3) is 0 Å². The second kappa shape index (κ2) is 9.75. The van der Waals surface area contributed by atoms with Gasteiger partial charge in [0.25, 0.3) is 0 Å². The third-order valence-corrected chi connectivity index (χ3v) is 3.27. The molecule has 3 heteroatoms. The molecule has 0 unspecified atom stereocenters. The van der Waals surface area contributed by atoms with Gasteiger partial charge in [0.15, 0.2) is 0 Å². The largest absolute Gasteiger partial charge is 0.481 e. The second-order valence-electron chi connectivity index (χ2n) is 4.94. The smallest absolute Gasteiger partial charge is 0.303 e. The van der Waals surface area contributed by atoms with Crippen molar-refractivity contribution >= 4 is 5.97 Å². The standard InChI is InChI=1S/C15H25NO2/c17-15(18)10-8-6-4-2-1-3-5-7-9-14-11-12-16-13-14/h11-13,16H,1-10H2,(H,17,18). The number of hydrogen-bond donors (Lipinski definition) is 2. The SMILES string of the molecule is O=C(O)CCCCCCCCCCc1cc[nH]c1. The number of carboxylic acids is 1. The minimum Gasteiger partial charge on any atom is -0.481 e. The summed E-state index contributed by atoms with van der Waals surface area (Å²) in [7, 11) is 0. The molecule has 2 N–H and O–H groups in total. The van der Waals surface area contributed by atoms with Gasteiger partial charge >= 0.3 is 5.97 Å². The van der Waals surface area contributed by atoms with E-state index in [4.69, 9.17) is 5.11 Å². The molecule has 0 bridgehead atoms. The zero-order chi connectivity index (χ0) is 13.1. The highest BCUT2D eigenvalue weighted by Crippen LogP contribution is 2.11. The van der Waals surface area contributed by atoms with Gasteiger partial charge in [-0.2, -0.15) is 0 Å². The molecule has 0 atom stereocenters. The van der Waals surface area contributed by atoms with Gasteiger partial charge in [-0.25, -0.2) is 0 Å². The number of carboxylic acid groups (broad SMARTS) is 1. The third-order valence-electron chi connectivity index (χ3n) is 3.27. The van der Waals surface area contributed by atoms with Crippen molar-refractivity contribution in [3.05, 3.63) is 24.0 Å². The summed E-state index contributed by atoms with van der Waals surface area (Å²) in [4.78, 5) is 13.4. The van der Waals surface area contributed by atoms with Gasteiger partial charge in [0, 0.05) is 18.8 Å². The molecule has 1 aromatic rings. The van der Waals surface area contributed by atoms with Crippen LogP contribution in [0.1, 0.15) is 63.4 Å². The number of H-pyrrole nitrogens is 1. The zero-order valence-electron chi connectivity index (χ0n) is 11.2. The van der Waals surface area contributed by atoms with Gasteiger partial charge in [-0.05, 0) is 30.9 Å². The van der Waals surface area contributed by atoms with Crippen molar-refractivity contribution < 1.29 is 9.90 Å². The molecule has 3 nitrogen and oxygen atoms in total. The fourth-order valence-electron chi connectivity index (χ4n) is 2.18. The van der Waals surface area contributed by atoms with Crippen LogP contribution in [-0.2, 0) is 11.2 Å². The third kappa shape index (κ3) is 7.93. The quantitative estimate of drug-likeness (QED) is 0.580. The van der Waals surface area contributed by atoms with Crippen LogP contribution in [-0.4, -0.2) is 16.1 Å². The molecule has 0 aliphatic carbocycles. The summed E-state index contributed by atoms with van der Waals surface area (Å²) in [5, 5.41) is 8.49. The Morgan fingerprint density at radius 2 is 1.61 bits per heavy atom. The van der Waals surface area contributed by atoms with Crippen LogP contribution in [0.3, 0.4) is 0 Å². The highest BCUT2D eigenvalue weighted by Gasteiger charge is 1.97. The van der Waals surface area contributed by atoms with Crippen molar-refractivity contribution in [3.8, 4) is 0 Å². The first kappa shape index (κ1) is 14.8. The Hall–Kier alpha value is -1.25. The molecule has 0 aromatic carbocycles. The van der Waals surface area contributed by atoms with E-state index >= 15 is 0 Å². The Morgan fingerprint density at radius 3 is 2.17 bits per heavy atom. The Bertz CT molecular complexity index is 306. The number of carbonyl (C=O) groups is 1. The molecule has 0 aliphatic rings. The molecule has 0 saturated carbocycles. The number of rotatable bonds is 11. The summed E-state index contributed by atoms with van der Waals surface area (Å²) in [6.07, 6.45) is 15.1. The molecule has 0 amide bonds. The van der Waals surface area contributed by atoms with Crippen molar-refractivity contribution in [1.82, 2.24) is 4.98 Å². The van der Waals surface area contributed by atoms with Gasteiger partial charge in [-0.3, -0.25) is 4.79 Å². The Labute approximate surface area is 110 Å². The van der Waals surface area contributed by atoms with Crippen LogP contribution in [0.2, 0.25) is 0 Å². The lowest BCUT2D eigenvalue weighted by atomic mass is 10.1.